The smallest absolute Gasteiger partial charge is 0.416 e. The number of oxime groups is 1. The lowest BCUT2D eigenvalue weighted by atomic mass is 9.76. The topological polar surface area (TPSA) is 74.6 Å². The van der Waals surface area contributed by atoms with Gasteiger partial charge in [-0.2, -0.15) is 13.2 Å². The zero-order valence-corrected chi connectivity index (χ0v) is 18.2. The maximum absolute atomic E-state index is 13.6. The van der Waals surface area contributed by atoms with Gasteiger partial charge in [-0.05, 0) is 50.4 Å². The van der Waals surface area contributed by atoms with Gasteiger partial charge in [0.05, 0.1) is 23.4 Å². The Balaban J connectivity index is 1.20. The van der Waals surface area contributed by atoms with Crippen molar-refractivity contribution in [2.45, 2.75) is 63.7 Å². The Kier molecular flexibility index (Phi) is 4.47. The average molecular weight is 465 g/mol. The van der Waals surface area contributed by atoms with Crippen LogP contribution in [0, 0.1) is 17.3 Å². The molecule has 10 heteroatoms. The lowest BCUT2D eigenvalue weighted by Gasteiger charge is -2.37. The number of ether oxygens (including phenoxy) is 1. The molecule has 2 saturated heterocycles. The molecule has 178 valence electrons. The van der Waals surface area contributed by atoms with Gasteiger partial charge in [0.2, 0.25) is 11.8 Å². The van der Waals surface area contributed by atoms with Crippen molar-refractivity contribution in [3.05, 3.63) is 29.3 Å². The van der Waals surface area contributed by atoms with E-state index in [4.69, 9.17) is 9.57 Å². The number of aliphatic hydroxyl groups excluding tert-OH is 1. The minimum atomic E-state index is -4.44. The molecular weight excluding hydrogens is 439 g/mol. The third-order valence-electron chi connectivity index (χ3n) is 8.51. The summed E-state index contributed by atoms with van der Waals surface area (Å²) in [5.74, 6) is 0.364. The van der Waals surface area contributed by atoms with Crippen LogP contribution in [0.3, 0.4) is 0 Å². The van der Waals surface area contributed by atoms with Crippen molar-refractivity contribution >= 4 is 11.8 Å². The Morgan fingerprint density at radius 3 is 2.88 bits per heavy atom. The number of piperidine rings is 1. The van der Waals surface area contributed by atoms with Gasteiger partial charge in [0.15, 0.2) is 12.3 Å². The van der Waals surface area contributed by atoms with Crippen molar-refractivity contribution in [3.8, 4) is 5.75 Å². The summed E-state index contributed by atoms with van der Waals surface area (Å²) in [5, 5.41) is 13.6. The van der Waals surface area contributed by atoms with Crippen LogP contribution < -0.4 is 4.74 Å². The first-order valence-corrected chi connectivity index (χ1v) is 11.5. The predicted molar refractivity (Wildman–Crippen MR) is 110 cm³/mol. The number of benzene rings is 1. The third-order valence-corrected chi connectivity index (χ3v) is 8.51. The van der Waals surface area contributed by atoms with Gasteiger partial charge < -0.3 is 19.6 Å². The van der Waals surface area contributed by atoms with E-state index in [9.17, 15) is 23.1 Å². The highest BCUT2D eigenvalue weighted by atomic mass is 19.4. The van der Waals surface area contributed by atoms with Crippen LogP contribution in [-0.2, 0) is 22.4 Å². The number of likely N-dealkylation sites (tertiary alicyclic amines) is 1. The fourth-order valence-corrected chi connectivity index (χ4v) is 6.61. The summed E-state index contributed by atoms with van der Waals surface area (Å²) in [7, 11) is 0. The maximum atomic E-state index is 13.6. The Hall–Kier alpha value is -2.49. The molecule has 1 spiro atoms. The molecule has 6 atom stereocenters. The number of carbonyl (C=O) groups excluding carboxylic acids is 1. The summed E-state index contributed by atoms with van der Waals surface area (Å²) in [6.07, 6.45) is -2.00. The highest BCUT2D eigenvalue weighted by Gasteiger charge is 2.62. The molecule has 7 nitrogen and oxygen atoms in total. The molecule has 1 aromatic rings. The molecule has 1 amide bonds. The molecule has 5 aliphatic rings. The number of nitrogens with zero attached hydrogens (tertiary/aromatic N) is 3. The van der Waals surface area contributed by atoms with Gasteiger partial charge in [-0.25, -0.2) is 0 Å². The number of hydrogen-bond donors (Lipinski definition) is 1. The molecule has 3 fully saturated rings. The van der Waals surface area contributed by atoms with Crippen molar-refractivity contribution in [2.75, 3.05) is 13.1 Å². The average Bonchev–Trinajstić information content (AvgIpc) is 3.45. The molecule has 1 N–H and O–H groups in total. The lowest BCUT2D eigenvalue weighted by molar-refractivity contribution is -0.140. The summed E-state index contributed by atoms with van der Waals surface area (Å²) in [6.45, 7) is 3.63. The van der Waals surface area contributed by atoms with Gasteiger partial charge in [-0.15, -0.1) is 0 Å². The van der Waals surface area contributed by atoms with E-state index < -0.39 is 23.4 Å². The highest BCUT2D eigenvalue weighted by Crippen LogP contribution is 2.55. The van der Waals surface area contributed by atoms with Crippen LogP contribution in [0.15, 0.2) is 23.4 Å². The standard InChI is InChI=1S/C23H26F3N3O4/c1-12-20-29(10-13-8-14(23(24,25)26)2-3-17(13)32-20)21(31)22(12)6-4-15(9-22)28-7-5-16-18(11-28)33-27-19(16)30/h2-3,8,12,15-16,18,20H,4-7,9-11H2,1H3,(H,27,30)/t12?,15?,16?,18?,20?,22-/m0/s1. The molecule has 5 unspecified atom stereocenters. The third kappa shape index (κ3) is 3.05. The van der Waals surface area contributed by atoms with Gasteiger partial charge in [0.25, 0.3) is 0 Å². The van der Waals surface area contributed by atoms with Gasteiger partial charge in [-0.1, -0.05) is 12.1 Å². The van der Waals surface area contributed by atoms with E-state index in [-0.39, 0.29) is 42.3 Å². The molecule has 1 aromatic carbocycles. The van der Waals surface area contributed by atoms with Gasteiger partial charge in [0.1, 0.15) is 5.75 Å². The minimum Gasteiger partial charge on any atom is -0.494 e. The van der Waals surface area contributed by atoms with Crippen LogP contribution in [0.5, 0.6) is 5.75 Å². The Labute approximate surface area is 189 Å². The van der Waals surface area contributed by atoms with Gasteiger partial charge in [0, 0.05) is 24.1 Å². The number of amides is 1. The second-order valence-corrected chi connectivity index (χ2v) is 10.1. The second kappa shape index (κ2) is 7.01. The van der Waals surface area contributed by atoms with E-state index in [1.54, 1.807) is 4.90 Å². The number of rotatable bonds is 1. The highest BCUT2D eigenvalue weighted by molar-refractivity contribution is 5.86. The van der Waals surface area contributed by atoms with Crippen molar-refractivity contribution in [1.82, 2.24) is 9.80 Å². The van der Waals surface area contributed by atoms with Crippen LogP contribution in [0.4, 0.5) is 13.2 Å². The van der Waals surface area contributed by atoms with Gasteiger partial charge >= 0.3 is 6.18 Å². The Morgan fingerprint density at radius 2 is 2.09 bits per heavy atom. The first kappa shape index (κ1) is 21.1. The van der Waals surface area contributed by atoms with Crippen molar-refractivity contribution < 1.29 is 32.6 Å². The number of hydrogen-bond acceptors (Lipinski definition) is 5. The first-order chi connectivity index (χ1) is 15.7. The molecule has 33 heavy (non-hydrogen) atoms. The fraction of sp³-hybridized carbons (Fsp3) is 0.652. The van der Waals surface area contributed by atoms with Crippen LogP contribution in [-0.4, -0.2) is 58.2 Å². The molecule has 4 heterocycles. The molecule has 1 saturated carbocycles. The second-order valence-electron chi connectivity index (χ2n) is 10.1. The van der Waals surface area contributed by atoms with E-state index in [0.717, 1.165) is 37.9 Å². The normalized spacial score (nSPS) is 37.9. The number of halogens is 3. The van der Waals surface area contributed by atoms with Crippen LogP contribution in [0.2, 0.25) is 0 Å². The molecule has 0 radical (unpaired) electrons. The molecule has 4 aliphatic heterocycles. The summed E-state index contributed by atoms with van der Waals surface area (Å²) < 4.78 is 45.6. The molecule has 0 bridgehead atoms. The summed E-state index contributed by atoms with van der Waals surface area (Å²) in [4.78, 5) is 23.0. The monoisotopic (exact) mass is 465 g/mol. The number of alkyl halides is 3. The predicted octanol–water partition coefficient (Wildman–Crippen LogP) is 3.53. The summed E-state index contributed by atoms with van der Waals surface area (Å²) >= 11 is 0. The minimum absolute atomic E-state index is 0.0152. The van der Waals surface area contributed by atoms with Crippen molar-refractivity contribution in [1.29, 1.82) is 0 Å². The van der Waals surface area contributed by atoms with E-state index in [1.807, 2.05) is 6.92 Å². The van der Waals surface area contributed by atoms with Gasteiger partial charge in [-0.3, -0.25) is 9.69 Å². The maximum Gasteiger partial charge on any atom is 0.416 e. The molecule has 6 rings (SSSR count). The lowest BCUT2D eigenvalue weighted by Crippen LogP contribution is -2.49. The Morgan fingerprint density at radius 1 is 1.27 bits per heavy atom. The van der Waals surface area contributed by atoms with Crippen LogP contribution >= 0.6 is 0 Å². The molecule has 0 aromatic heterocycles. The summed E-state index contributed by atoms with van der Waals surface area (Å²) in [5.41, 5.74) is -0.907. The van der Waals surface area contributed by atoms with Crippen molar-refractivity contribution in [2.24, 2.45) is 22.4 Å². The first-order valence-electron chi connectivity index (χ1n) is 11.5. The summed E-state index contributed by atoms with van der Waals surface area (Å²) in [6, 6.07) is 3.71. The van der Waals surface area contributed by atoms with Crippen LogP contribution in [0.25, 0.3) is 0 Å². The van der Waals surface area contributed by atoms with Crippen molar-refractivity contribution in [3.63, 3.8) is 0 Å². The molecule has 1 aliphatic carbocycles. The van der Waals surface area contributed by atoms with E-state index in [2.05, 4.69) is 10.1 Å². The zero-order valence-electron chi connectivity index (χ0n) is 18.2. The largest absolute Gasteiger partial charge is 0.494 e. The molecular formula is C23H26F3N3O4. The number of fused-ring (bicyclic) bond motifs is 3. The number of carbonyl (C=O) groups is 1. The zero-order chi connectivity index (χ0) is 23.1. The van der Waals surface area contributed by atoms with Crippen LogP contribution in [0.1, 0.15) is 43.7 Å². The number of aliphatic hydroxyl groups is 1. The van der Waals surface area contributed by atoms with E-state index in [0.29, 0.717) is 24.3 Å². The van der Waals surface area contributed by atoms with E-state index >= 15 is 0 Å². The van der Waals surface area contributed by atoms with E-state index in [1.165, 1.54) is 6.07 Å². The Bertz CT molecular complexity index is 1030. The SMILES string of the molecule is CC1C2Oc3ccc(C(F)(F)F)cc3CN2C(=O)[C@]12CCC(N1CCC3C(O)=NOC3C1)C2. The quantitative estimate of drug-likeness (QED) is 0.687. The fourth-order valence-electron chi connectivity index (χ4n) is 6.61.